The van der Waals surface area contributed by atoms with Crippen molar-refractivity contribution < 1.29 is 8.42 Å². The number of hydrogen-bond acceptors (Lipinski definition) is 2. The molecule has 16 heavy (non-hydrogen) atoms. The molecule has 5 heteroatoms. The van der Waals surface area contributed by atoms with Crippen LogP contribution in [0.25, 0.3) is 10.9 Å². The first-order valence-corrected chi connectivity index (χ1v) is 7.13. The summed E-state index contributed by atoms with van der Waals surface area (Å²) in [4.78, 5) is 0.176. The van der Waals surface area contributed by atoms with Gasteiger partial charge in [0.25, 0.3) is 9.05 Å². The van der Waals surface area contributed by atoms with Crippen molar-refractivity contribution >= 4 is 30.6 Å². The largest absolute Gasteiger partial charge is 0.349 e. The Hall–Kier alpha value is -1.00. The minimum Gasteiger partial charge on any atom is -0.349 e. The summed E-state index contributed by atoms with van der Waals surface area (Å²) in [5.74, 6) is 0. The predicted octanol–water partition coefficient (Wildman–Crippen LogP) is 2.72. The van der Waals surface area contributed by atoms with Crippen molar-refractivity contribution in [3.8, 4) is 0 Å². The zero-order chi connectivity index (χ0) is 12.1. The molecule has 0 atom stereocenters. The van der Waals surface area contributed by atoms with Crippen LogP contribution in [-0.2, 0) is 16.1 Å². The number of fused-ring (bicyclic) bond motifs is 1. The molecule has 0 aliphatic heterocycles. The summed E-state index contributed by atoms with van der Waals surface area (Å²) < 4.78 is 24.6. The highest BCUT2D eigenvalue weighted by atomic mass is 35.7. The Balaban J connectivity index is 2.99. The van der Waals surface area contributed by atoms with E-state index in [0.29, 0.717) is 5.39 Å². The molecule has 0 fully saturated rings. The monoisotopic (exact) mass is 257 g/mol. The highest BCUT2D eigenvalue weighted by Gasteiger charge is 2.18. The van der Waals surface area contributed by atoms with Gasteiger partial charge >= 0.3 is 0 Å². The number of halogens is 1. The molecule has 0 N–H and O–H groups in total. The van der Waals surface area contributed by atoms with Crippen molar-refractivity contribution in [2.75, 3.05) is 0 Å². The molecule has 0 unspecified atom stereocenters. The van der Waals surface area contributed by atoms with Gasteiger partial charge in [0, 0.05) is 29.3 Å². The Morgan fingerprint density at radius 1 is 1.25 bits per heavy atom. The van der Waals surface area contributed by atoms with E-state index in [4.69, 9.17) is 10.7 Å². The summed E-state index contributed by atoms with van der Waals surface area (Å²) in [5, 5.41) is 0.681. The second-order valence-corrected chi connectivity index (χ2v) is 6.48. The van der Waals surface area contributed by atoms with E-state index in [-0.39, 0.29) is 4.90 Å². The SMILES string of the molecule is Cc1ccc2c(S(=O)(=O)Cl)cn(C)c2c1C. The van der Waals surface area contributed by atoms with E-state index in [1.165, 1.54) is 0 Å². The van der Waals surface area contributed by atoms with Gasteiger partial charge in [-0.05, 0) is 25.0 Å². The Morgan fingerprint density at radius 3 is 2.44 bits per heavy atom. The minimum atomic E-state index is -3.69. The number of aryl methyl sites for hydroxylation is 3. The van der Waals surface area contributed by atoms with E-state index in [1.807, 2.05) is 27.0 Å². The normalized spacial score (nSPS) is 12.2. The van der Waals surface area contributed by atoms with Crippen molar-refractivity contribution in [2.45, 2.75) is 18.7 Å². The molecule has 0 saturated heterocycles. The molecule has 1 aromatic heterocycles. The molecule has 0 saturated carbocycles. The van der Waals surface area contributed by atoms with Gasteiger partial charge in [-0.3, -0.25) is 0 Å². The van der Waals surface area contributed by atoms with E-state index >= 15 is 0 Å². The summed E-state index contributed by atoms with van der Waals surface area (Å²) >= 11 is 0. The molecular weight excluding hydrogens is 246 g/mol. The predicted molar refractivity (Wildman–Crippen MR) is 65.4 cm³/mol. The molecule has 2 rings (SSSR count). The van der Waals surface area contributed by atoms with Crippen molar-refractivity contribution in [2.24, 2.45) is 7.05 Å². The minimum absolute atomic E-state index is 0.176. The van der Waals surface area contributed by atoms with Crippen molar-refractivity contribution in [3.05, 3.63) is 29.5 Å². The molecule has 0 bridgehead atoms. The van der Waals surface area contributed by atoms with Gasteiger partial charge in [-0.25, -0.2) is 8.42 Å². The summed E-state index contributed by atoms with van der Waals surface area (Å²) in [7, 11) is 3.53. The Kier molecular flexibility index (Phi) is 2.51. The molecule has 0 amide bonds. The third-order valence-corrected chi connectivity index (χ3v) is 4.24. The van der Waals surface area contributed by atoms with Crippen LogP contribution in [0.2, 0.25) is 0 Å². The van der Waals surface area contributed by atoms with Gasteiger partial charge in [0.15, 0.2) is 0 Å². The number of aromatic nitrogens is 1. The van der Waals surface area contributed by atoms with Gasteiger partial charge in [0.2, 0.25) is 0 Å². The maximum absolute atomic E-state index is 11.4. The Morgan fingerprint density at radius 2 is 1.88 bits per heavy atom. The molecule has 3 nitrogen and oxygen atoms in total. The molecule has 0 aliphatic carbocycles. The van der Waals surface area contributed by atoms with Crippen LogP contribution in [0.3, 0.4) is 0 Å². The Bertz CT molecular complexity index is 671. The number of hydrogen-bond donors (Lipinski definition) is 0. The van der Waals surface area contributed by atoms with Gasteiger partial charge in [-0.15, -0.1) is 0 Å². The molecule has 2 aromatic rings. The highest BCUT2D eigenvalue weighted by molar-refractivity contribution is 8.14. The van der Waals surface area contributed by atoms with Crippen LogP contribution >= 0.6 is 10.7 Å². The third-order valence-electron chi connectivity index (χ3n) is 2.89. The summed E-state index contributed by atoms with van der Waals surface area (Å²) in [6, 6.07) is 3.70. The maximum atomic E-state index is 11.4. The third kappa shape index (κ3) is 1.62. The fourth-order valence-electron chi connectivity index (χ4n) is 1.96. The van der Waals surface area contributed by atoms with Crippen LogP contribution in [0.1, 0.15) is 11.1 Å². The van der Waals surface area contributed by atoms with Crippen molar-refractivity contribution in [1.29, 1.82) is 0 Å². The van der Waals surface area contributed by atoms with E-state index in [9.17, 15) is 8.42 Å². The molecule has 86 valence electrons. The Labute approximate surface area is 99.1 Å². The second kappa shape index (κ2) is 3.50. The summed E-state index contributed by atoms with van der Waals surface area (Å²) in [5.41, 5.74) is 3.12. The molecular formula is C11H12ClNO2S. The first kappa shape index (κ1) is 11.5. The lowest BCUT2D eigenvalue weighted by molar-refractivity contribution is 0.610. The number of nitrogens with zero attached hydrogens (tertiary/aromatic N) is 1. The standard InChI is InChI=1S/C11H12ClNO2S/c1-7-4-5-9-10(16(12,14)15)6-13(3)11(9)8(7)2/h4-6H,1-3H3. The van der Waals surface area contributed by atoms with Crippen LogP contribution < -0.4 is 0 Å². The van der Waals surface area contributed by atoms with E-state index in [1.54, 1.807) is 16.8 Å². The smallest absolute Gasteiger partial charge is 0.263 e. The van der Waals surface area contributed by atoms with Crippen molar-refractivity contribution in [1.82, 2.24) is 4.57 Å². The van der Waals surface area contributed by atoms with Gasteiger partial charge in [0.1, 0.15) is 4.90 Å². The van der Waals surface area contributed by atoms with Crippen LogP contribution in [0.15, 0.2) is 23.2 Å². The molecule has 0 aliphatic rings. The van der Waals surface area contributed by atoms with E-state index < -0.39 is 9.05 Å². The van der Waals surface area contributed by atoms with Crippen LogP contribution in [-0.4, -0.2) is 13.0 Å². The first-order chi connectivity index (χ1) is 7.32. The zero-order valence-corrected chi connectivity index (χ0v) is 10.9. The maximum Gasteiger partial charge on any atom is 0.263 e. The zero-order valence-electron chi connectivity index (χ0n) is 9.28. The fourth-order valence-corrected chi connectivity index (χ4v) is 3.04. The molecule has 1 heterocycles. The lowest BCUT2D eigenvalue weighted by atomic mass is 10.1. The molecule has 1 aromatic carbocycles. The van der Waals surface area contributed by atoms with Gasteiger partial charge in [-0.2, -0.15) is 0 Å². The van der Waals surface area contributed by atoms with Crippen molar-refractivity contribution in [3.63, 3.8) is 0 Å². The lowest BCUT2D eigenvalue weighted by Crippen LogP contribution is -1.89. The first-order valence-electron chi connectivity index (χ1n) is 4.82. The summed E-state index contributed by atoms with van der Waals surface area (Å²) in [6.07, 6.45) is 1.56. The number of benzene rings is 1. The lowest BCUT2D eigenvalue weighted by Gasteiger charge is -2.04. The van der Waals surface area contributed by atoms with Gasteiger partial charge in [-0.1, -0.05) is 12.1 Å². The van der Waals surface area contributed by atoms with E-state index in [2.05, 4.69) is 0 Å². The molecule has 0 spiro atoms. The summed E-state index contributed by atoms with van der Waals surface area (Å²) in [6.45, 7) is 3.97. The second-order valence-electron chi connectivity index (χ2n) is 3.95. The average Bonchev–Trinajstić information content (AvgIpc) is 2.50. The highest BCUT2D eigenvalue weighted by Crippen LogP contribution is 2.30. The topological polar surface area (TPSA) is 39.1 Å². The average molecular weight is 258 g/mol. The van der Waals surface area contributed by atoms with Gasteiger partial charge < -0.3 is 4.57 Å². The van der Waals surface area contributed by atoms with E-state index in [0.717, 1.165) is 16.6 Å². The molecule has 0 radical (unpaired) electrons. The van der Waals surface area contributed by atoms with Gasteiger partial charge in [0.05, 0.1) is 5.52 Å². The van der Waals surface area contributed by atoms with Crippen LogP contribution in [0.4, 0.5) is 0 Å². The quantitative estimate of drug-likeness (QED) is 0.737. The fraction of sp³-hybridized carbons (Fsp3) is 0.273. The number of rotatable bonds is 1. The van der Waals surface area contributed by atoms with Crippen LogP contribution in [0, 0.1) is 13.8 Å². The van der Waals surface area contributed by atoms with Crippen LogP contribution in [0.5, 0.6) is 0 Å².